The maximum atomic E-state index is 11.5. The van der Waals surface area contributed by atoms with E-state index in [0.717, 1.165) is 11.1 Å². The predicted octanol–water partition coefficient (Wildman–Crippen LogP) is 3.87. The maximum absolute atomic E-state index is 11.5. The average molecular weight is 305 g/mol. The number of carbonyl (C=O) groups excluding carboxylic acids is 1. The molecule has 0 fully saturated rings. The first kappa shape index (κ1) is 15.4. The van der Waals surface area contributed by atoms with E-state index in [1.807, 2.05) is 36.4 Å². The molecule has 1 atom stereocenters. The van der Waals surface area contributed by atoms with Gasteiger partial charge in [0, 0.05) is 17.0 Å². The highest BCUT2D eigenvalue weighted by Gasteiger charge is 2.17. The third-order valence-corrected chi connectivity index (χ3v) is 3.33. The standard InChI is InChI=1S/C17H17ClO3/c1-12(17(19)20-2)21-16-9-8-15(18)11-14(16)10-13-6-4-3-5-7-13/h3-9,11-12H,10H2,1-2H3. The molecule has 0 aromatic heterocycles. The number of hydrogen-bond donors (Lipinski definition) is 0. The molecule has 0 bridgehead atoms. The van der Waals surface area contributed by atoms with Crippen LogP contribution in [0.5, 0.6) is 5.75 Å². The number of rotatable bonds is 5. The second kappa shape index (κ2) is 7.14. The Kier molecular flexibility index (Phi) is 5.23. The van der Waals surface area contributed by atoms with E-state index in [9.17, 15) is 4.79 Å². The smallest absolute Gasteiger partial charge is 0.346 e. The zero-order valence-electron chi connectivity index (χ0n) is 12.0. The van der Waals surface area contributed by atoms with E-state index in [1.54, 1.807) is 19.1 Å². The van der Waals surface area contributed by atoms with Gasteiger partial charge in [0.2, 0.25) is 0 Å². The van der Waals surface area contributed by atoms with Crippen molar-refractivity contribution >= 4 is 17.6 Å². The molecule has 0 radical (unpaired) electrons. The van der Waals surface area contributed by atoms with Crippen molar-refractivity contribution in [2.45, 2.75) is 19.4 Å². The molecule has 2 aromatic carbocycles. The fourth-order valence-corrected chi connectivity index (χ4v) is 2.22. The van der Waals surface area contributed by atoms with Gasteiger partial charge in [0.1, 0.15) is 5.75 Å². The zero-order chi connectivity index (χ0) is 15.2. The topological polar surface area (TPSA) is 35.5 Å². The highest BCUT2D eigenvalue weighted by atomic mass is 35.5. The van der Waals surface area contributed by atoms with E-state index >= 15 is 0 Å². The summed E-state index contributed by atoms with van der Waals surface area (Å²) in [7, 11) is 1.34. The van der Waals surface area contributed by atoms with Crippen LogP contribution in [0.15, 0.2) is 48.5 Å². The number of halogens is 1. The Hall–Kier alpha value is -2.00. The molecule has 0 saturated heterocycles. The number of carbonyl (C=O) groups is 1. The van der Waals surface area contributed by atoms with Gasteiger partial charge in [0.25, 0.3) is 0 Å². The third kappa shape index (κ3) is 4.23. The maximum Gasteiger partial charge on any atom is 0.346 e. The van der Waals surface area contributed by atoms with Crippen LogP contribution in [-0.4, -0.2) is 19.2 Å². The molecule has 3 nitrogen and oxygen atoms in total. The summed E-state index contributed by atoms with van der Waals surface area (Å²) >= 11 is 6.06. The number of ether oxygens (including phenoxy) is 2. The van der Waals surface area contributed by atoms with Crippen molar-refractivity contribution in [3.05, 3.63) is 64.7 Å². The van der Waals surface area contributed by atoms with Crippen LogP contribution >= 0.6 is 11.6 Å². The molecule has 110 valence electrons. The lowest BCUT2D eigenvalue weighted by Gasteiger charge is -2.16. The summed E-state index contributed by atoms with van der Waals surface area (Å²) in [5.41, 5.74) is 2.08. The van der Waals surface area contributed by atoms with Gasteiger partial charge in [-0.25, -0.2) is 4.79 Å². The zero-order valence-corrected chi connectivity index (χ0v) is 12.8. The summed E-state index contributed by atoms with van der Waals surface area (Å²) in [6.07, 6.45) is 0.0238. The molecular weight excluding hydrogens is 288 g/mol. The van der Waals surface area contributed by atoms with Crippen LogP contribution < -0.4 is 4.74 Å². The minimum atomic E-state index is -0.661. The second-order valence-electron chi connectivity index (χ2n) is 4.70. The van der Waals surface area contributed by atoms with Gasteiger partial charge in [-0.2, -0.15) is 0 Å². The van der Waals surface area contributed by atoms with Gasteiger partial charge in [0.15, 0.2) is 6.10 Å². The van der Waals surface area contributed by atoms with E-state index in [1.165, 1.54) is 7.11 Å². The van der Waals surface area contributed by atoms with E-state index < -0.39 is 12.1 Å². The molecule has 2 aromatic rings. The quantitative estimate of drug-likeness (QED) is 0.787. The van der Waals surface area contributed by atoms with Gasteiger partial charge < -0.3 is 9.47 Å². The first-order chi connectivity index (χ1) is 10.1. The van der Waals surface area contributed by atoms with Gasteiger partial charge >= 0.3 is 5.97 Å². The van der Waals surface area contributed by atoms with Crippen molar-refractivity contribution in [2.24, 2.45) is 0 Å². The van der Waals surface area contributed by atoms with Gasteiger partial charge in [-0.1, -0.05) is 41.9 Å². The molecule has 21 heavy (non-hydrogen) atoms. The Morgan fingerprint density at radius 2 is 1.90 bits per heavy atom. The van der Waals surface area contributed by atoms with E-state index in [0.29, 0.717) is 17.2 Å². The second-order valence-corrected chi connectivity index (χ2v) is 5.13. The Balaban J connectivity index is 2.23. The number of benzene rings is 2. The first-order valence-corrected chi connectivity index (χ1v) is 7.05. The Morgan fingerprint density at radius 1 is 1.19 bits per heavy atom. The number of methoxy groups -OCH3 is 1. The molecule has 0 aliphatic rings. The molecule has 2 rings (SSSR count). The molecule has 0 amide bonds. The Morgan fingerprint density at radius 3 is 2.57 bits per heavy atom. The molecule has 0 saturated carbocycles. The van der Waals surface area contributed by atoms with Crippen molar-refractivity contribution in [2.75, 3.05) is 7.11 Å². The van der Waals surface area contributed by atoms with Crippen LogP contribution in [0.4, 0.5) is 0 Å². The van der Waals surface area contributed by atoms with Crippen LogP contribution in [0.3, 0.4) is 0 Å². The fraction of sp³-hybridized carbons (Fsp3) is 0.235. The number of esters is 1. The fourth-order valence-electron chi connectivity index (χ4n) is 2.02. The lowest BCUT2D eigenvalue weighted by molar-refractivity contribution is -0.147. The average Bonchev–Trinajstić information content (AvgIpc) is 2.50. The summed E-state index contributed by atoms with van der Waals surface area (Å²) < 4.78 is 10.4. The summed E-state index contributed by atoms with van der Waals surface area (Å²) in [6, 6.07) is 15.4. The van der Waals surface area contributed by atoms with Crippen molar-refractivity contribution in [3.8, 4) is 5.75 Å². The van der Waals surface area contributed by atoms with Crippen LogP contribution in [0.2, 0.25) is 5.02 Å². The first-order valence-electron chi connectivity index (χ1n) is 6.67. The van der Waals surface area contributed by atoms with Crippen molar-refractivity contribution in [3.63, 3.8) is 0 Å². The largest absolute Gasteiger partial charge is 0.479 e. The summed E-state index contributed by atoms with van der Waals surface area (Å²) in [5.74, 6) is 0.233. The third-order valence-electron chi connectivity index (χ3n) is 3.10. The highest BCUT2D eigenvalue weighted by molar-refractivity contribution is 6.30. The molecule has 1 unspecified atom stereocenters. The van der Waals surface area contributed by atoms with Gasteiger partial charge in [-0.05, 0) is 30.7 Å². The summed E-state index contributed by atoms with van der Waals surface area (Å²) in [4.78, 5) is 11.5. The molecule has 0 N–H and O–H groups in total. The minimum Gasteiger partial charge on any atom is -0.479 e. The van der Waals surface area contributed by atoms with Crippen molar-refractivity contribution in [1.82, 2.24) is 0 Å². The molecule has 0 aliphatic carbocycles. The van der Waals surface area contributed by atoms with Crippen LogP contribution in [-0.2, 0) is 16.0 Å². The SMILES string of the molecule is COC(=O)C(C)Oc1ccc(Cl)cc1Cc1ccccc1. The molecule has 0 aliphatic heterocycles. The number of hydrogen-bond acceptors (Lipinski definition) is 3. The van der Waals surface area contributed by atoms with Crippen LogP contribution in [0.1, 0.15) is 18.1 Å². The lowest BCUT2D eigenvalue weighted by atomic mass is 10.0. The minimum absolute atomic E-state index is 0.407. The van der Waals surface area contributed by atoms with Crippen LogP contribution in [0.25, 0.3) is 0 Å². The molecule has 0 heterocycles. The van der Waals surface area contributed by atoms with E-state index in [4.69, 9.17) is 16.3 Å². The van der Waals surface area contributed by atoms with Crippen molar-refractivity contribution in [1.29, 1.82) is 0 Å². The summed E-state index contributed by atoms with van der Waals surface area (Å²) in [6.45, 7) is 1.66. The molecule has 0 spiro atoms. The monoisotopic (exact) mass is 304 g/mol. The normalized spacial score (nSPS) is 11.8. The molecular formula is C17H17ClO3. The summed E-state index contributed by atoms with van der Waals surface area (Å²) in [5, 5.41) is 0.638. The Bertz CT molecular complexity index is 611. The van der Waals surface area contributed by atoms with Crippen LogP contribution in [0, 0.1) is 0 Å². The van der Waals surface area contributed by atoms with E-state index in [2.05, 4.69) is 4.74 Å². The predicted molar refractivity (Wildman–Crippen MR) is 82.8 cm³/mol. The van der Waals surface area contributed by atoms with E-state index in [-0.39, 0.29) is 0 Å². The lowest BCUT2D eigenvalue weighted by Crippen LogP contribution is -2.25. The molecule has 4 heteroatoms. The Labute approximate surface area is 129 Å². The van der Waals surface area contributed by atoms with Gasteiger partial charge in [-0.3, -0.25) is 0 Å². The van der Waals surface area contributed by atoms with Gasteiger partial charge in [0.05, 0.1) is 7.11 Å². The van der Waals surface area contributed by atoms with Crippen molar-refractivity contribution < 1.29 is 14.3 Å². The van der Waals surface area contributed by atoms with Gasteiger partial charge in [-0.15, -0.1) is 0 Å². The highest BCUT2D eigenvalue weighted by Crippen LogP contribution is 2.26.